The molecule has 0 saturated heterocycles. The van der Waals surface area contributed by atoms with Gasteiger partial charge in [0.25, 0.3) is 11.8 Å². The molecule has 8 heteroatoms. The van der Waals surface area contributed by atoms with E-state index < -0.39 is 5.91 Å². The van der Waals surface area contributed by atoms with Crippen molar-refractivity contribution in [3.63, 3.8) is 0 Å². The zero-order valence-electron chi connectivity index (χ0n) is 13.8. The van der Waals surface area contributed by atoms with Crippen molar-refractivity contribution >= 4 is 62.9 Å². The Labute approximate surface area is 169 Å². The Kier molecular flexibility index (Phi) is 10.0. The molecule has 0 aromatic heterocycles. The lowest BCUT2D eigenvalue weighted by Crippen LogP contribution is -2.42. The van der Waals surface area contributed by atoms with Gasteiger partial charge >= 0.3 is 0 Å². The van der Waals surface area contributed by atoms with Crippen LogP contribution in [0, 0.1) is 0 Å². The number of amides is 2. The first kappa shape index (κ1) is 21.9. The van der Waals surface area contributed by atoms with E-state index in [9.17, 15) is 9.59 Å². The molecule has 0 saturated carbocycles. The van der Waals surface area contributed by atoms with Gasteiger partial charge in [0.2, 0.25) is 0 Å². The maximum Gasteiger partial charge on any atom is 0.277 e. The van der Waals surface area contributed by atoms with E-state index >= 15 is 0 Å². The molecular formula is C17H18BrClN2O2S2. The summed E-state index contributed by atoms with van der Waals surface area (Å²) in [5, 5.41) is 0.287. The fourth-order valence-corrected chi connectivity index (χ4v) is 3.89. The molecule has 0 atom stereocenters. The van der Waals surface area contributed by atoms with E-state index in [4.69, 9.17) is 11.6 Å². The number of carbonyl (C=O) groups excluding carboxylic acids is 2. The molecule has 1 heterocycles. The minimum Gasteiger partial charge on any atom is -0.267 e. The summed E-state index contributed by atoms with van der Waals surface area (Å²) in [5.41, 5.74) is 5.46. The van der Waals surface area contributed by atoms with Gasteiger partial charge in [-0.05, 0) is 30.9 Å². The zero-order chi connectivity index (χ0) is 18.8. The van der Waals surface area contributed by atoms with Crippen LogP contribution in [0.5, 0.6) is 0 Å². The zero-order valence-corrected chi connectivity index (χ0v) is 17.7. The molecule has 0 aromatic rings. The maximum atomic E-state index is 12.4. The summed E-state index contributed by atoms with van der Waals surface area (Å²) in [6, 6.07) is 0. The van der Waals surface area contributed by atoms with Gasteiger partial charge in [-0.2, -0.15) is 0 Å². The number of nitrogens with one attached hydrogen (secondary N) is 2. The highest BCUT2D eigenvalue weighted by molar-refractivity contribution is 9.11. The molecule has 0 bridgehead atoms. The van der Waals surface area contributed by atoms with Crippen molar-refractivity contribution in [2.24, 2.45) is 0 Å². The Morgan fingerprint density at radius 3 is 2.64 bits per heavy atom. The van der Waals surface area contributed by atoms with Crippen LogP contribution in [-0.4, -0.2) is 23.8 Å². The minimum absolute atomic E-state index is 0.287. The Balaban J connectivity index is 2.86. The third kappa shape index (κ3) is 6.93. The lowest BCUT2D eigenvalue weighted by molar-refractivity contribution is -0.124. The van der Waals surface area contributed by atoms with Gasteiger partial charge in [-0.25, -0.2) is 0 Å². The SMILES string of the molecule is C=C/C=C(\C=C/C)C(/Cl)=C(\SC)C(=O)NNC(=O)C1=CC=C(Br)CS1. The van der Waals surface area contributed by atoms with Crippen molar-refractivity contribution < 1.29 is 9.59 Å². The van der Waals surface area contributed by atoms with Gasteiger partial charge in [0.05, 0.1) is 14.8 Å². The second-order valence-corrected chi connectivity index (χ2v) is 7.78. The summed E-state index contributed by atoms with van der Waals surface area (Å²) in [6.07, 6.45) is 12.1. The molecule has 4 nitrogen and oxygen atoms in total. The first-order chi connectivity index (χ1) is 11.9. The minimum atomic E-state index is -0.483. The lowest BCUT2D eigenvalue weighted by Gasteiger charge is -2.13. The number of hydrogen-bond acceptors (Lipinski definition) is 4. The average molecular weight is 462 g/mol. The predicted molar refractivity (Wildman–Crippen MR) is 113 cm³/mol. The van der Waals surface area contributed by atoms with Gasteiger partial charge in [0, 0.05) is 10.2 Å². The molecule has 2 N–H and O–H groups in total. The first-order valence-corrected chi connectivity index (χ1v) is 10.5. The van der Waals surface area contributed by atoms with E-state index in [1.807, 2.05) is 13.0 Å². The van der Waals surface area contributed by atoms with E-state index in [-0.39, 0.29) is 10.9 Å². The molecule has 0 spiro atoms. The van der Waals surface area contributed by atoms with E-state index in [0.717, 1.165) is 4.48 Å². The Morgan fingerprint density at radius 1 is 1.40 bits per heavy atom. The van der Waals surface area contributed by atoms with Crippen LogP contribution in [0.1, 0.15) is 6.92 Å². The summed E-state index contributed by atoms with van der Waals surface area (Å²) in [7, 11) is 0. The Hall–Kier alpha value is -1.15. The van der Waals surface area contributed by atoms with Crippen molar-refractivity contribution in [3.05, 3.63) is 67.9 Å². The number of hydrazine groups is 1. The van der Waals surface area contributed by atoms with E-state index in [1.165, 1.54) is 23.5 Å². The molecule has 0 radical (unpaired) electrons. The Morgan fingerprint density at radius 2 is 2.12 bits per heavy atom. The number of carbonyl (C=O) groups is 2. The summed E-state index contributed by atoms with van der Waals surface area (Å²) in [5.74, 6) is -0.182. The van der Waals surface area contributed by atoms with Gasteiger partial charge in [-0.3, -0.25) is 20.4 Å². The molecule has 1 aliphatic heterocycles. The molecule has 0 fully saturated rings. The van der Waals surface area contributed by atoms with E-state index in [2.05, 4.69) is 33.4 Å². The summed E-state index contributed by atoms with van der Waals surface area (Å²) < 4.78 is 1.00. The second-order valence-electron chi connectivity index (χ2n) is 4.55. The Bertz CT molecular complexity index is 709. The van der Waals surface area contributed by atoms with Crippen LogP contribution in [0.3, 0.4) is 0 Å². The predicted octanol–water partition coefficient (Wildman–Crippen LogP) is 4.55. The van der Waals surface area contributed by atoms with Crippen molar-refractivity contribution in [2.45, 2.75) is 6.92 Å². The van der Waals surface area contributed by atoms with Crippen LogP contribution >= 0.6 is 51.1 Å². The lowest BCUT2D eigenvalue weighted by atomic mass is 10.2. The van der Waals surface area contributed by atoms with Gasteiger partial charge < -0.3 is 0 Å². The maximum absolute atomic E-state index is 12.4. The monoisotopic (exact) mass is 460 g/mol. The molecule has 0 aromatic carbocycles. The quantitative estimate of drug-likeness (QED) is 0.346. The smallest absolute Gasteiger partial charge is 0.267 e. The number of rotatable bonds is 6. The van der Waals surface area contributed by atoms with Crippen molar-refractivity contribution in [3.8, 4) is 0 Å². The van der Waals surface area contributed by atoms with Crippen LogP contribution in [0.4, 0.5) is 0 Å². The van der Waals surface area contributed by atoms with Gasteiger partial charge in [-0.1, -0.05) is 58.4 Å². The topological polar surface area (TPSA) is 58.2 Å². The molecular weight excluding hydrogens is 444 g/mol. The third-order valence-electron chi connectivity index (χ3n) is 2.80. The second kappa shape index (κ2) is 11.5. The van der Waals surface area contributed by atoms with Crippen LogP contribution in [0.25, 0.3) is 0 Å². The fraction of sp³-hybridized carbons (Fsp3) is 0.176. The summed E-state index contributed by atoms with van der Waals surface area (Å²) in [6.45, 7) is 5.49. The number of halogens is 2. The van der Waals surface area contributed by atoms with Crippen LogP contribution < -0.4 is 10.9 Å². The fourth-order valence-electron chi connectivity index (χ4n) is 1.70. The summed E-state index contributed by atoms with van der Waals surface area (Å²) >= 11 is 12.3. The molecule has 2 amide bonds. The van der Waals surface area contributed by atoms with Gasteiger partial charge in [0.15, 0.2) is 0 Å². The highest BCUT2D eigenvalue weighted by Crippen LogP contribution is 2.28. The highest BCUT2D eigenvalue weighted by Gasteiger charge is 2.18. The first-order valence-electron chi connectivity index (χ1n) is 7.14. The molecule has 0 unspecified atom stereocenters. The summed E-state index contributed by atoms with van der Waals surface area (Å²) in [4.78, 5) is 25.2. The van der Waals surface area contributed by atoms with Crippen LogP contribution in [-0.2, 0) is 9.59 Å². The van der Waals surface area contributed by atoms with Crippen molar-refractivity contribution in [1.29, 1.82) is 0 Å². The van der Waals surface area contributed by atoms with Crippen LogP contribution in [0.2, 0.25) is 0 Å². The molecule has 1 aliphatic rings. The van der Waals surface area contributed by atoms with Gasteiger partial charge in [0.1, 0.15) is 0 Å². The standard InChI is InChI=1S/C17H18BrClN2O2S2/c1-4-6-11(7-5-2)14(19)15(24-3)17(23)21-20-16(22)13-9-8-12(18)10-25-13/h4-9H,1,10H2,2-3H3,(H,20,22)(H,21,23)/b7-5-,11-6+,15-14+. The van der Waals surface area contributed by atoms with E-state index in [0.29, 0.717) is 21.1 Å². The van der Waals surface area contributed by atoms with Crippen molar-refractivity contribution in [2.75, 3.05) is 12.0 Å². The molecule has 25 heavy (non-hydrogen) atoms. The van der Waals surface area contributed by atoms with E-state index in [1.54, 1.807) is 36.6 Å². The molecule has 0 aliphatic carbocycles. The highest BCUT2D eigenvalue weighted by atomic mass is 79.9. The number of hydrogen-bond donors (Lipinski definition) is 2. The largest absolute Gasteiger partial charge is 0.277 e. The third-order valence-corrected chi connectivity index (χ3v) is 6.12. The number of thioether (sulfide) groups is 2. The van der Waals surface area contributed by atoms with Crippen molar-refractivity contribution in [1.82, 2.24) is 10.9 Å². The van der Waals surface area contributed by atoms with Gasteiger partial charge in [-0.15, -0.1) is 23.5 Å². The molecule has 1 rings (SSSR count). The molecule has 134 valence electrons. The average Bonchev–Trinajstić information content (AvgIpc) is 2.60. The van der Waals surface area contributed by atoms with Crippen LogP contribution in [0.15, 0.2) is 67.9 Å². The number of allylic oxidation sites excluding steroid dienone is 8. The normalized spacial score (nSPS) is 15.9.